The van der Waals surface area contributed by atoms with Crippen LogP contribution in [0.3, 0.4) is 0 Å². The van der Waals surface area contributed by atoms with Crippen LogP contribution in [0.2, 0.25) is 0 Å². The lowest BCUT2D eigenvalue weighted by molar-refractivity contribution is -0.0934. The summed E-state index contributed by atoms with van der Waals surface area (Å²) in [6.45, 7) is 8.97. The average Bonchev–Trinajstić information content (AvgIpc) is 2.24. The van der Waals surface area contributed by atoms with Gasteiger partial charge in [0.05, 0.1) is 5.60 Å². The standard InChI is InChI=1S/C17H26O/c1-12(2)8-14-6-5-7-16(9-14)17(18)10-15(11-17)13(3)4/h5-7,9,12-13,15,18H,8,10-11H2,1-4H3. The van der Waals surface area contributed by atoms with Gasteiger partial charge in [0, 0.05) is 0 Å². The van der Waals surface area contributed by atoms with Crippen LogP contribution in [-0.2, 0) is 12.0 Å². The highest BCUT2D eigenvalue weighted by molar-refractivity contribution is 5.30. The van der Waals surface area contributed by atoms with Gasteiger partial charge in [-0.25, -0.2) is 0 Å². The zero-order valence-electron chi connectivity index (χ0n) is 12.1. The summed E-state index contributed by atoms with van der Waals surface area (Å²) in [6.07, 6.45) is 2.95. The topological polar surface area (TPSA) is 20.2 Å². The minimum Gasteiger partial charge on any atom is -0.385 e. The Hall–Kier alpha value is -0.820. The molecule has 18 heavy (non-hydrogen) atoms. The molecule has 0 saturated heterocycles. The molecule has 1 heteroatoms. The Kier molecular flexibility index (Phi) is 3.82. The molecule has 0 atom stereocenters. The highest BCUT2D eigenvalue weighted by Gasteiger charge is 2.44. The van der Waals surface area contributed by atoms with Crippen LogP contribution in [0.1, 0.15) is 51.7 Å². The third-order valence-electron chi connectivity index (χ3n) is 4.25. The van der Waals surface area contributed by atoms with E-state index in [1.165, 1.54) is 5.56 Å². The Bertz CT molecular complexity index is 400. The zero-order chi connectivity index (χ0) is 13.3. The molecule has 0 bridgehead atoms. The molecule has 1 fully saturated rings. The first-order valence-electron chi connectivity index (χ1n) is 7.22. The van der Waals surface area contributed by atoms with Crippen molar-refractivity contribution in [3.05, 3.63) is 35.4 Å². The van der Waals surface area contributed by atoms with E-state index in [-0.39, 0.29) is 0 Å². The van der Waals surface area contributed by atoms with Crippen molar-refractivity contribution in [2.75, 3.05) is 0 Å². The smallest absolute Gasteiger partial charge is 0.0902 e. The summed E-state index contributed by atoms with van der Waals surface area (Å²) in [6, 6.07) is 8.55. The van der Waals surface area contributed by atoms with E-state index in [1.54, 1.807) is 0 Å². The number of benzene rings is 1. The lowest BCUT2D eigenvalue weighted by Gasteiger charge is -2.46. The van der Waals surface area contributed by atoms with E-state index in [9.17, 15) is 5.11 Å². The normalized spacial score (nSPS) is 27.6. The predicted octanol–water partition coefficient (Wildman–Crippen LogP) is 4.14. The molecule has 0 aliphatic heterocycles. The summed E-state index contributed by atoms with van der Waals surface area (Å²) in [5.41, 5.74) is 1.92. The van der Waals surface area contributed by atoms with Crippen molar-refractivity contribution in [1.29, 1.82) is 0 Å². The maximum absolute atomic E-state index is 10.7. The minimum atomic E-state index is -0.554. The molecule has 0 unspecified atom stereocenters. The van der Waals surface area contributed by atoms with E-state index in [1.807, 2.05) is 0 Å². The van der Waals surface area contributed by atoms with Crippen LogP contribution in [0.15, 0.2) is 24.3 Å². The summed E-state index contributed by atoms with van der Waals surface area (Å²) in [4.78, 5) is 0. The van der Waals surface area contributed by atoms with Crippen LogP contribution in [0.25, 0.3) is 0 Å². The molecule has 100 valence electrons. The molecule has 2 rings (SSSR count). The third kappa shape index (κ3) is 2.77. The van der Waals surface area contributed by atoms with Crippen LogP contribution in [0.5, 0.6) is 0 Å². The second-order valence-corrected chi connectivity index (χ2v) is 6.74. The van der Waals surface area contributed by atoms with Crippen LogP contribution in [0.4, 0.5) is 0 Å². The second-order valence-electron chi connectivity index (χ2n) is 6.74. The quantitative estimate of drug-likeness (QED) is 0.846. The molecule has 1 aromatic carbocycles. The van der Waals surface area contributed by atoms with E-state index in [4.69, 9.17) is 0 Å². The van der Waals surface area contributed by atoms with Crippen molar-refractivity contribution < 1.29 is 5.11 Å². The fraction of sp³-hybridized carbons (Fsp3) is 0.647. The molecular weight excluding hydrogens is 220 g/mol. The van der Waals surface area contributed by atoms with Crippen molar-refractivity contribution >= 4 is 0 Å². The molecule has 1 saturated carbocycles. The van der Waals surface area contributed by atoms with Crippen LogP contribution in [-0.4, -0.2) is 5.11 Å². The Balaban J connectivity index is 2.10. The van der Waals surface area contributed by atoms with Gasteiger partial charge in [-0.2, -0.15) is 0 Å². The molecule has 0 spiro atoms. The molecule has 0 heterocycles. The van der Waals surface area contributed by atoms with Crippen LogP contribution in [0, 0.1) is 17.8 Å². The Morgan fingerprint density at radius 1 is 1.22 bits per heavy atom. The molecule has 0 amide bonds. The number of hydrogen-bond donors (Lipinski definition) is 1. The Morgan fingerprint density at radius 2 is 1.89 bits per heavy atom. The average molecular weight is 246 g/mol. The molecular formula is C17H26O. The van der Waals surface area contributed by atoms with Gasteiger partial charge in [0.25, 0.3) is 0 Å². The largest absolute Gasteiger partial charge is 0.385 e. The van der Waals surface area contributed by atoms with Gasteiger partial charge in [0.15, 0.2) is 0 Å². The third-order valence-corrected chi connectivity index (χ3v) is 4.25. The van der Waals surface area contributed by atoms with Crippen molar-refractivity contribution in [3.8, 4) is 0 Å². The molecule has 1 N–H and O–H groups in total. The minimum absolute atomic E-state index is 0.554. The Labute approximate surface area is 111 Å². The molecule has 1 aliphatic rings. The fourth-order valence-corrected chi connectivity index (χ4v) is 2.97. The molecule has 0 aromatic heterocycles. The van der Waals surface area contributed by atoms with E-state index in [0.29, 0.717) is 17.8 Å². The maximum atomic E-state index is 10.7. The summed E-state index contributed by atoms with van der Waals surface area (Å²) >= 11 is 0. The first-order valence-corrected chi connectivity index (χ1v) is 7.22. The Morgan fingerprint density at radius 3 is 2.44 bits per heavy atom. The van der Waals surface area contributed by atoms with Crippen molar-refractivity contribution in [3.63, 3.8) is 0 Å². The lowest BCUT2D eigenvalue weighted by Crippen LogP contribution is -2.43. The van der Waals surface area contributed by atoms with E-state index < -0.39 is 5.60 Å². The van der Waals surface area contributed by atoms with E-state index in [0.717, 1.165) is 24.8 Å². The van der Waals surface area contributed by atoms with Gasteiger partial charge in [0.1, 0.15) is 0 Å². The van der Waals surface area contributed by atoms with E-state index >= 15 is 0 Å². The molecule has 1 aromatic rings. The number of hydrogen-bond acceptors (Lipinski definition) is 1. The molecule has 0 radical (unpaired) electrons. The van der Waals surface area contributed by atoms with Gasteiger partial charge < -0.3 is 5.11 Å². The highest BCUT2D eigenvalue weighted by Crippen LogP contribution is 2.48. The molecule has 1 aliphatic carbocycles. The van der Waals surface area contributed by atoms with Gasteiger partial charge in [-0.3, -0.25) is 0 Å². The van der Waals surface area contributed by atoms with Crippen LogP contribution >= 0.6 is 0 Å². The van der Waals surface area contributed by atoms with Gasteiger partial charge >= 0.3 is 0 Å². The lowest BCUT2D eigenvalue weighted by atomic mass is 9.63. The zero-order valence-corrected chi connectivity index (χ0v) is 12.1. The van der Waals surface area contributed by atoms with E-state index in [2.05, 4.69) is 52.0 Å². The number of aliphatic hydroxyl groups is 1. The summed E-state index contributed by atoms with van der Waals surface area (Å²) in [7, 11) is 0. The molecule has 1 nitrogen and oxygen atoms in total. The summed E-state index contributed by atoms with van der Waals surface area (Å²) in [5.74, 6) is 2.03. The van der Waals surface area contributed by atoms with Gasteiger partial charge in [0.2, 0.25) is 0 Å². The maximum Gasteiger partial charge on any atom is 0.0902 e. The number of rotatable bonds is 4. The summed E-state index contributed by atoms with van der Waals surface area (Å²) < 4.78 is 0. The first kappa shape index (κ1) is 13.6. The first-order chi connectivity index (χ1) is 8.40. The highest BCUT2D eigenvalue weighted by atomic mass is 16.3. The van der Waals surface area contributed by atoms with Gasteiger partial charge in [-0.15, -0.1) is 0 Å². The van der Waals surface area contributed by atoms with Crippen molar-refractivity contribution in [2.24, 2.45) is 17.8 Å². The van der Waals surface area contributed by atoms with Crippen molar-refractivity contribution in [1.82, 2.24) is 0 Å². The van der Waals surface area contributed by atoms with Gasteiger partial charge in [-0.1, -0.05) is 52.0 Å². The monoisotopic (exact) mass is 246 g/mol. The summed E-state index contributed by atoms with van der Waals surface area (Å²) in [5, 5.41) is 10.7. The second kappa shape index (κ2) is 5.05. The predicted molar refractivity (Wildman–Crippen MR) is 76.4 cm³/mol. The SMILES string of the molecule is CC(C)Cc1cccc(C2(O)CC(C(C)C)C2)c1. The van der Waals surface area contributed by atoms with Gasteiger partial charge in [-0.05, 0) is 48.1 Å². The van der Waals surface area contributed by atoms with Crippen LogP contribution < -0.4 is 0 Å². The fourth-order valence-electron chi connectivity index (χ4n) is 2.97. The van der Waals surface area contributed by atoms with Crippen molar-refractivity contribution in [2.45, 2.75) is 52.6 Å².